The van der Waals surface area contributed by atoms with Crippen LogP contribution in [-0.2, 0) is 19.4 Å². The van der Waals surface area contributed by atoms with Crippen molar-refractivity contribution in [2.45, 2.75) is 25.5 Å². The molecule has 0 aliphatic rings. The third kappa shape index (κ3) is 5.13. The van der Waals surface area contributed by atoms with Crippen LogP contribution in [-0.4, -0.2) is 44.2 Å². The number of methoxy groups -OCH3 is 1. The Morgan fingerprint density at radius 2 is 1.93 bits per heavy atom. The van der Waals surface area contributed by atoms with Gasteiger partial charge in [-0.1, -0.05) is 6.92 Å². The molecule has 0 amide bonds. The van der Waals surface area contributed by atoms with Crippen molar-refractivity contribution in [3.63, 3.8) is 0 Å². The van der Waals surface area contributed by atoms with Crippen LogP contribution in [0.25, 0.3) is 0 Å². The van der Waals surface area contributed by atoms with Gasteiger partial charge >= 0.3 is 5.97 Å². The van der Waals surface area contributed by atoms with E-state index in [0.29, 0.717) is 13.0 Å². The summed E-state index contributed by atoms with van der Waals surface area (Å²) in [6.07, 6.45) is 0.394. The summed E-state index contributed by atoms with van der Waals surface area (Å²) in [5, 5.41) is 8.06. The molecule has 0 rings (SSSR count). The number of carboxylic acids is 1. The molecule has 0 radical (unpaired) electrons. The molecule has 2 atom stereocenters. The van der Waals surface area contributed by atoms with E-state index in [2.05, 4.69) is 0 Å². The van der Waals surface area contributed by atoms with E-state index in [-0.39, 0.29) is 5.75 Å². The fraction of sp³-hybridized carbons (Fsp3) is 0.889. The van der Waals surface area contributed by atoms with Gasteiger partial charge in [0, 0.05) is 13.7 Å². The van der Waals surface area contributed by atoms with Crippen molar-refractivity contribution in [1.82, 2.24) is 0 Å². The summed E-state index contributed by atoms with van der Waals surface area (Å²) in [5.41, 5.74) is 0. The minimum Gasteiger partial charge on any atom is -0.481 e. The molecule has 90 valence electrons. The van der Waals surface area contributed by atoms with Crippen LogP contribution in [0.5, 0.6) is 0 Å². The second-order valence-corrected chi connectivity index (χ2v) is 6.12. The normalized spacial score (nSPS) is 15.9. The molecule has 0 aromatic heterocycles. The van der Waals surface area contributed by atoms with E-state index in [4.69, 9.17) is 9.84 Å². The topological polar surface area (TPSA) is 80.7 Å². The Kier molecular flexibility index (Phi) is 5.82. The molecule has 0 aromatic carbocycles. The van der Waals surface area contributed by atoms with Crippen LogP contribution < -0.4 is 0 Å². The maximum Gasteiger partial charge on any atom is 0.307 e. The van der Waals surface area contributed by atoms with Crippen LogP contribution in [0, 0.1) is 5.92 Å². The van der Waals surface area contributed by atoms with Crippen molar-refractivity contribution in [2.24, 2.45) is 5.92 Å². The molecule has 0 aromatic rings. The zero-order chi connectivity index (χ0) is 12.1. The first kappa shape index (κ1) is 14.4. The molecule has 0 aliphatic carbocycles. The van der Waals surface area contributed by atoms with Crippen molar-refractivity contribution >= 4 is 15.8 Å². The van der Waals surface area contributed by atoms with Gasteiger partial charge in [-0.25, -0.2) is 8.42 Å². The first-order valence-electron chi connectivity index (χ1n) is 4.74. The number of hydrogen-bond donors (Lipinski definition) is 1. The summed E-state index contributed by atoms with van der Waals surface area (Å²) in [6, 6.07) is 0. The van der Waals surface area contributed by atoms with Gasteiger partial charge in [-0.3, -0.25) is 4.79 Å². The summed E-state index contributed by atoms with van der Waals surface area (Å²) in [7, 11) is -1.84. The van der Waals surface area contributed by atoms with Crippen molar-refractivity contribution in [2.75, 3.05) is 19.5 Å². The van der Waals surface area contributed by atoms with Gasteiger partial charge in [0.25, 0.3) is 0 Å². The molecule has 0 aliphatic heterocycles. The molecule has 15 heavy (non-hydrogen) atoms. The fourth-order valence-corrected chi connectivity index (χ4v) is 2.67. The smallest absolute Gasteiger partial charge is 0.307 e. The van der Waals surface area contributed by atoms with Crippen molar-refractivity contribution < 1.29 is 23.1 Å². The summed E-state index contributed by atoms with van der Waals surface area (Å²) in [4.78, 5) is 10.5. The first-order valence-corrected chi connectivity index (χ1v) is 6.46. The van der Waals surface area contributed by atoms with Crippen LogP contribution in [0.4, 0.5) is 0 Å². The van der Waals surface area contributed by atoms with Gasteiger partial charge in [-0.2, -0.15) is 0 Å². The number of sulfone groups is 1. The molecular weight excluding hydrogens is 220 g/mol. The quantitative estimate of drug-likeness (QED) is 0.700. The highest BCUT2D eigenvalue weighted by atomic mass is 32.2. The third-order valence-corrected chi connectivity index (χ3v) is 4.67. The average Bonchev–Trinajstić information content (AvgIpc) is 2.13. The molecule has 0 saturated carbocycles. The van der Waals surface area contributed by atoms with Gasteiger partial charge in [0.1, 0.15) is 0 Å². The maximum absolute atomic E-state index is 11.6. The fourth-order valence-electron chi connectivity index (χ4n) is 1.05. The minimum absolute atomic E-state index is 0.312. The number of carboxylic acid groups (broad SMARTS) is 1. The van der Waals surface area contributed by atoms with E-state index in [1.165, 1.54) is 14.0 Å². The molecule has 5 nitrogen and oxygen atoms in total. The summed E-state index contributed by atoms with van der Waals surface area (Å²) in [5.74, 6) is -2.26. The van der Waals surface area contributed by atoms with E-state index in [0.717, 1.165) is 0 Å². The van der Waals surface area contributed by atoms with Gasteiger partial charge in [0.2, 0.25) is 0 Å². The van der Waals surface area contributed by atoms with Crippen molar-refractivity contribution in [1.29, 1.82) is 0 Å². The first-order chi connectivity index (χ1) is 6.81. The predicted octanol–water partition coefficient (Wildman–Crippen LogP) is 0.547. The Morgan fingerprint density at radius 3 is 2.33 bits per heavy atom. The van der Waals surface area contributed by atoms with E-state index >= 15 is 0 Å². The lowest BCUT2D eigenvalue weighted by Gasteiger charge is -2.14. The van der Waals surface area contributed by atoms with E-state index < -0.39 is 27.0 Å². The predicted molar refractivity (Wildman–Crippen MR) is 56.5 cm³/mol. The van der Waals surface area contributed by atoms with Gasteiger partial charge in [-0.05, 0) is 13.3 Å². The third-order valence-electron chi connectivity index (χ3n) is 2.25. The number of carbonyl (C=O) groups is 1. The molecule has 6 heteroatoms. The second-order valence-electron chi connectivity index (χ2n) is 3.66. The standard InChI is InChI=1S/C9H18O5S/c1-7(9(10)11)6-15(12,13)8(2)4-5-14-3/h7-8H,4-6H2,1-3H3,(H,10,11). The highest BCUT2D eigenvalue weighted by Crippen LogP contribution is 2.11. The minimum atomic E-state index is -3.34. The Bertz CT molecular complexity index is 296. The second kappa shape index (κ2) is 6.07. The van der Waals surface area contributed by atoms with Gasteiger partial charge in [-0.15, -0.1) is 0 Å². The average molecular weight is 238 g/mol. The van der Waals surface area contributed by atoms with Crippen molar-refractivity contribution in [3.8, 4) is 0 Å². The van der Waals surface area contributed by atoms with E-state index in [1.807, 2.05) is 0 Å². The largest absolute Gasteiger partial charge is 0.481 e. The molecule has 0 saturated heterocycles. The summed E-state index contributed by atoms with van der Waals surface area (Å²) >= 11 is 0. The molecule has 0 bridgehead atoms. The number of ether oxygens (including phenoxy) is 1. The molecular formula is C9H18O5S. The lowest BCUT2D eigenvalue weighted by Crippen LogP contribution is -2.28. The van der Waals surface area contributed by atoms with Crippen LogP contribution in [0.1, 0.15) is 20.3 Å². The maximum atomic E-state index is 11.6. The molecule has 0 heterocycles. The summed E-state index contributed by atoms with van der Waals surface area (Å²) in [6.45, 7) is 3.33. The van der Waals surface area contributed by atoms with E-state index in [9.17, 15) is 13.2 Å². The molecule has 0 fully saturated rings. The zero-order valence-electron chi connectivity index (χ0n) is 9.26. The van der Waals surface area contributed by atoms with Crippen LogP contribution in [0.15, 0.2) is 0 Å². The van der Waals surface area contributed by atoms with E-state index in [1.54, 1.807) is 6.92 Å². The highest BCUT2D eigenvalue weighted by molar-refractivity contribution is 7.92. The lowest BCUT2D eigenvalue weighted by molar-refractivity contribution is -0.140. The van der Waals surface area contributed by atoms with Gasteiger partial charge in [0.05, 0.1) is 16.9 Å². The van der Waals surface area contributed by atoms with Crippen molar-refractivity contribution in [3.05, 3.63) is 0 Å². The lowest BCUT2D eigenvalue weighted by atomic mass is 10.2. The monoisotopic (exact) mass is 238 g/mol. The Hall–Kier alpha value is -0.620. The number of rotatable bonds is 7. The molecule has 0 spiro atoms. The van der Waals surface area contributed by atoms with Crippen LogP contribution >= 0.6 is 0 Å². The number of aliphatic carboxylic acids is 1. The summed E-state index contributed by atoms with van der Waals surface area (Å²) < 4.78 is 28.0. The SMILES string of the molecule is COCCC(C)S(=O)(=O)CC(C)C(=O)O. The number of hydrogen-bond acceptors (Lipinski definition) is 4. The Balaban J connectivity index is 4.35. The van der Waals surface area contributed by atoms with Crippen LogP contribution in [0.2, 0.25) is 0 Å². The Morgan fingerprint density at radius 1 is 1.40 bits per heavy atom. The molecule has 2 unspecified atom stereocenters. The van der Waals surface area contributed by atoms with Gasteiger partial charge < -0.3 is 9.84 Å². The Labute approximate surface area is 90.4 Å². The molecule has 1 N–H and O–H groups in total. The van der Waals surface area contributed by atoms with Crippen LogP contribution in [0.3, 0.4) is 0 Å². The zero-order valence-corrected chi connectivity index (χ0v) is 10.1. The van der Waals surface area contributed by atoms with Gasteiger partial charge in [0.15, 0.2) is 9.84 Å². The highest BCUT2D eigenvalue weighted by Gasteiger charge is 2.26.